The van der Waals surface area contributed by atoms with Crippen LogP contribution < -0.4 is 56.6 Å². The maximum atomic E-state index is 6.04. The number of nitrogen functional groups attached to an aromatic ring is 4. The largest absolute Gasteiger partial charge is 0.451 e. The Kier molecular flexibility index (Phi) is 22.7. The Morgan fingerprint density at radius 3 is 1.13 bits per heavy atom. The second-order valence-corrected chi connectivity index (χ2v) is 23.4. The number of hydrogen-bond donors (Lipinski definition) is 4. The second-order valence-electron chi connectivity index (χ2n) is 23.4. The molecule has 1 saturated carbocycles. The van der Waals surface area contributed by atoms with Crippen LogP contribution in [0.25, 0.3) is 0 Å². The molecule has 9 heterocycles. The van der Waals surface area contributed by atoms with Gasteiger partial charge in [-0.1, -0.05) is 61.3 Å². The van der Waals surface area contributed by atoms with Gasteiger partial charge in [0.15, 0.2) is 46.3 Å². The third kappa shape index (κ3) is 18.2. The standard InChI is InChI=1S/2C17H23N5O.C17H25N5O.C15H16N4O/c1-10(2)13-8-20-16(22(4)12-5-6-12)7-14(13)23-15-9-19-11(3)21-17(15)18;1-11(2)13-9-20-16(22-6-4-5-7-22)8-14(13)23-15-10-19-12(3)21-17(15)18;1-10(2)13-8-20-16(22(6)11(3)4)7-14(13)23-15-9-19-12(5)21-17(15)18;1-5-11-6-13(12(7-18-11)9(2)3)20-14-8-17-10(4)19-15(14)16/h7-10,12H,5-6H2,1-4H3,(H2,18,19,21);8-11H,4-7H2,1-3H3,(H2,18,19,21);7-11H,1-6H3,(H2,18,19,21);1,6-9H,2-4H3,(H2,16,17,19). The summed E-state index contributed by atoms with van der Waals surface area (Å²) in [4.78, 5) is 57.6. The SMILES string of the molecule is C#Cc1cc(Oc2cnc(C)nc2N)c(C(C)C)cn1.Cc1ncc(Oc2cc(N(C)C(C)C)ncc2C(C)C)c(N)n1.Cc1ncc(Oc2cc(N(C)C3CC3)ncc2C(C)C)c(N)n1.Cc1ncc(Oc2cc(N3CCCC3)ncc2C(C)C)c(N)n1. The Morgan fingerprint density at radius 2 is 0.787 bits per heavy atom. The summed E-state index contributed by atoms with van der Waals surface area (Å²) in [6.45, 7) is 30.3. The average Bonchev–Trinajstić information content (AvgIpc) is 2.71. The van der Waals surface area contributed by atoms with Crippen LogP contribution in [0.15, 0.2) is 73.8 Å². The van der Waals surface area contributed by atoms with E-state index in [-0.39, 0.29) is 11.8 Å². The van der Waals surface area contributed by atoms with E-state index in [1.54, 1.807) is 64.7 Å². The van der Waals surface area contributed by atoms with Crippen LogP contribution in [-0.4, -0.2) is 99.1 Å². The number of anilines is 7. The molecule has 23 heteroatoms. The van der Waals surface area contributed by atoms with Gasteiger partial charge in [-0.25, -0.2) is 59.8 Å². The van der Waals surface area contributed by atoms with Crippen LogP contribution in [0, 0.1) is 40.0 Å². The Balaban J connectivity index is 0.000000169. The van der Waals surface area contributed by atoms with Gasteiger partial charge in [0.2, 0.25) is 0 Å². The molecule has 23 nitrogen and oxygen atoms in total. The smallest absolute Gasteiger partial charge is 0.187 e. The molecule has 0 atom stereocenters. The van der Waals surface area contributed by atoms with Gasteiger partial charge in [-0.3, -0.25) is 0 Å². The van der Waals surface area contributed by atoms with Crippen LogP contribution in [-0.2, 0) is 0 Å². The molecule has 0 bridgehead atoms. The van der Waals surface area contributed by atoms with Crippen LogP contribution >= 0.6 is 0 Å². The summed E-state index contributed by atoms with van der Waals surface area (Å²) in [7, 11) is 4.08. The number of aryl methyl sites for hydroxylation is 4. The molecule has 10 rings (SSSR count). The number of ether oxygens (including phenoxy) is 4. The molecule has 1 aliphatic heterocycles. The number of hydrogen-bond acceptors (Lipinski definition) is 23. The van der Waals surface area contributed by atoms with Crippen LogP contribution in [0.3, 0.4) is 0 Å². The predicted molar refractivity (Wildman–Crippen MR) is 353 cm³/mol. The molecule has 8 N–H and O–H groups in total. The molecule has 2 fully saturated rings. The Hall–Kier alpha value is -9.72. The van der Waals surface area contributed by atoms with Gasteiger partial charge in [-0.05, 0) is 90.9 Å². The fourth-order valence-electron chi connectivity index (χ4n) is 9.04. The topological polar surface area (TPSA) is 305 Å². The van der Waals surface area contributed by atoms with Crippen molar-refractivity contribution in [3.05, 3.63) is 125 Å². The first kappa shape index (κ1) is 66.8. The van der Waals surface area contributed by atoms with E-state index in [0.717, 1.165) is 70.0 Å². The predicted octanol–water partition coefficient (Wildman–Crippen LogP) is 12.7. The van der Waals surface area contributed by atoms with Gasteiger partial charge in [-0.2, -0.15) is 0 Å². The summed E-state index contributed by atoms with van der Waals surface area (Å²) in [6, 6.07) is 8.57. The van der Waals surface area contributed by atoms with E-state index in [9.17, 15) is 0 Å². The average molecular weight is 1210 g/mol. The summed E-state index contributed by atoms with van der Waals surface area (Å²) < 4.78 is 23.9. The molecule has 1 saturated heterocycles. The van der Waals surface area contributed by atoms with E-state index in [0.29, 0.717) is 105 Å². The quantitative estimate of drug-likeness (QED) is 0.0616. The summed E-state index contributed by atoms with van der Waals surface area (Å²) in [5.74, 6) is 14.9. The van der Waals surface area contributed by atoms with Crippen LogP contribution in [0.4, 0.5) is 40.7 Å². The number of nitrogens with zero attached hydrogens (tertiary/aromatic N) is 15. The van der Waals surface area contributed by atoms with Crippen molar-refractivity contribution >= 4 is 40.7 Å². The molecule has 470 valence electrons. The maximum Gasteiger partial charge on any atom is 0.187 e. The van der Waals surface area contributed by atoms with Crippen molar-refractivity contribution in [3.8, 4) is 58.3 Å². The van der Waals surface area contributed by atoms with E-state index in [1.807, 2.05) is 43.8 Å². The monoisotopic (exact) mass is 1210 g/mol. The molecular formula is C66H87N19O4. The van der Waals surface area contributed by atoms with Gasteiger partial charge < -0.3 is 56.6 Å². The molecule has 0 amide bonds. The minimum Gasteiger partial charge on any atom is -0.451 e. The van der Waals surface area contributed by atoms with E-state index in [2.05, 4.69) is 157 Å². The van der Waals surface area contributed by atoms with Gasteiger partial charge in [-0.15, -0.1) is 6.42 Å². The van der Waals surface area contributed by atoms with Crippen LogP contribution in [0.1, 0.15) is 170 Å². The lowest BCUT2D eigenvalue weighted by atomic mass is 10.0. The second kappa shape index (κ2) is 30.3. The number of nitrogens with two attached hydrogens (primary N) is 4. The lowest BCUT2D eigenvalue weighted by Gasteiger charge is -2.24. The molecule has 89 heavy (non-hydrogen) atoms. The fraction of sp³-hybridized carbons (Fsp3) is 0.424. The van der Waals surface area contributed by atoms with E-state index >= 15 is 0 Å². The van der Waals surface area contributed by atoms with Crippen molar-refractivity contribution in [3.63, 3.8) is 0 Å². The Morgan fingerprint density at radius 1 is 0.449 bits per heavy atom. The zero-order valence-electron chi connectivity index (χ0n) is 54.4. The molecule has 0 spiro atoms. The van der Waals surface area contributed by atoms with Crippen molar-refractivity contribution < 1.29 is 18.9 Å². The Bertz CT molecular complexity index is 3470. The molecule has 8 aromatic rings. The zero-order valence-corrected chi connectivity index (χ0v) is 54.4. The van der Waals surface area contributed by atoms with Gasteiger partial charge >= 0.3 is 0 Å². The lowest BCUT2D eigenvalue weighted by molar-refractivity contribution is 0.469. The summed E-state index contributed by atoms with van der Waals surface area (Å²) >= 11 is 0. The summed E-state index contributed by atoms with van der Waals surface area (Å²) in [5, 5.41) is 0. The van der Waals surface area contributed by atoms with Gasteiger partial charge in [0.05, 0.1) is 24.8 Å². The lowest BCUT2D eigenvalue weighted by Crippen LogP contribution is -2.26. The molecule has 1 aliphatic carbocycles. The fourth-order valence-corrected chi connectivity index (χ4v) is 9.04. The minimum atomic E-state index is 0.247. The summed E-state index contributed by atoms with van der Waals surface area (Å²) in [5.41, 5.74) is 28.2. The highest BCUT2D eigenvalue weighted by atomic mass is 16.5. The van der Waals surface area contributed by atoms with Gasteiger partial charge in [0, 0.05) is 111 Å². The third-order valence-electron chi connectivity index (χ3n) is 14.7. The molecule has 0 aromatic carbocycles. The maximum absolute atomic E-state index is 6.04. The number of rotatable bonds is 17. The van der Waals surface area contributed by atoms with Gasteiger partial charge in [0.1, 0.15) is 69.4 Å². The normalized spacial score (nSPS) is 12.6. The molecule has 2 aliphatic rings. The van der Waals surface area contributed by atoms with E-state index in [4.69, 9.17) is 48.3 Å². The summed E-state index contributed by atoms with van der Waals surface area (Å²) in [6.07, 6.45) is 24.0. The highest BCUT2D eigenvalue weighted by molar-refractivity contribution is 5.56. The first-order chi connectivity index (χ1) is 42.3. The first-order valence-electron chi connectivity index (χ1n) is 30.0. The van der Waals surface area contributed by atoms with Gasteiger partial charge in [0.25, 0.3) is 0 Å². The Labute approximate surface area is 524 Å². The number of aromatic nitrogens is 12. The van der Waals surface area contributed by atoms with Crippen molar-refractivity contribution in [1.82, 2.24) is 59.8 Å². The zero-order chi connectivity index (χ0) is 64.8. The minimum absolute atomic E-state index is 0.247. The van der Waals surface area contributed by atoms with Crippen molar-refractivity contribution in [2.45, 2.75) is 158 Å². The number of terminal acetylenes is 1. The molecule has 0 unspecified atom stereocenters. The molecule has 0 radical (unpaired) electrons. The van der Waals surface area contributed by atoms with E-state index in [1.165, 1.54) is 25.7 Å². The first-order valence-corrected chi connectivity index (χ1v) is 30.0. The van der Waals surface area contributed by atoms with Crippen molar-refractivity contribution in [2.24, 2.45) is 0 Å². The highest BCUT2D eigenvalue weighted by Crippen LogP contribution is 2.39. The molecular weight excluding hydrogens is 1120 g/mol. The van der Waals surface area contributed by atoms with Crippen molar-refractivity contribution in [1.29, 1.82) is 0 Å². The van der Waals surface area contributed by atoms with E-state index < -0.39 is 0 Å². The van der Waals surface area contributed by atoms with Crippen molar-refractivity contribution in [2.75, 3.05) is 64.8 Å². The van der Waals surface area contributed by atoms with Crippen LogP contribution in [0.5, 0.6) is 46.0 Å². The van der Waals surface area contributed by atoms with Crippen LogP contribution in [0.2, 0.25) is 0 Å². The third-order valence-corrected chi connectivity index (χ3v) is 14.7. The molecule has 8 aromatic heterocycles. The highest BCUT2D eigenvalue weighted by Gasteiger charge is 2.28. The number of pyridine rings is 4.